The molecule has 94 valence electrons. The molecule has 2 heteroatoms. The van der Waals surface area contributed by atoms with Gasteiger partial charge in [-0.3, -0.25) is 4.79 Å². The zero-order valence-electron chi connectivity index (χ0n) is 10.9. The summed E-state index contributed by atoms with van der Waals surface area (Å²) in [7, 11) is 0. The van der Waals surface area contributed by atoms with Crippen LogP contribution in [-0.4, -0.2) is 12.5 Å². The summed E-state index contributed by atoms with van der Waals surface area (Å²) in [6.45, 7) is 5.32. The van der Waals surface area contributed by atoms with E-state index in [-0.39, 0.29) is 0 Å². The van der Waals surface area contributed by atoms with Crippen LogP contribution in [0.25, 0.3) is 0 Å². The fraction of sp³-hybridized carbons (Fsp3) is 0.929. The summed E-state index contributed by atoms with van der Waals surface area (Å²) < 4.78 is 0. The second-order valence-corrected chi connectivity index (χ2v) is 5.14. The van der Waals surface area contributed by atoms with Gasteiger partial charge in [0.1, 0.15) is 0 Å². The first-order valence-electron chi connectivity index (χ1n) is 7.05. The van der Waals surface area contributed by atoms with E-state index in [1.807, 2.05) is 0 Å². The Bertz CT molecular complexity index is 197. The molecule has 1 atom stereocenters. The fourth-order valence-electron chi connectivity index (χ4n) is 2.61. The Morgan fingerprint density at radius 2 is 1.94 bits per heavy atom. The highest BCUT2D eigenvalue weighted by Gasteiger charge is 2.21. The molecule has 0 aliphatic heterocycles. The van der Waals surface area contributed by atoms with Crippen LogP contribution in [0.3, 0.4) is 0 Å². The van der Waals surface area contributed by atoms with Gasteiger partial charge in [-0.2, -0.15) is 0 Å². The van der Waals surface area contributed by atoms with Gasteiger partial charge in [-0.05, 0) is 25.2 Å². The van der Waals surface area contributed by atoms with E-state index in [1.54, 1.807) is 0 Å². The maximum atomic E-state index is 11.9. The lowest BCUT2D eigenvalue weighted by atomic mass is 9.88. The lowest BCUT2D eigenvalue weighted by Gasteiger charge is -2.22. The van der Waals surface area contributed by atoms with Gasteiger partial charge in [0.15, 0.2) is 0 Å². The molecular formula is C14H27NO. The van der Waals surface area contributed by atoms with Crippen LogP contribution in [0.4, 0.5) is 0 Å². The van der Waals surface area contributed by atoms with Gasteiger partial charge >= 0.3 is 0 Å². The average Bonchev–Trinajstić information content (AvgIpc) is 2.35. The predicted molar refractivity (Wildman–Crippen MR) is 68.3 cm³/mol. The van der Waals surface area contributed by atoms with Crippen LogP contribution < -0.4 is 5.32 Å². The first-order chi connectivity index (χ1) is 7.77. The molecule has 1 fully saturated rings. The van der Waals surface area contributed by atoms with Crippen molar-refractivity contribution in [3.8, 4) is 0 Å². The Morgan fingerprint density at radius 1 is 1.25 bits per heavy atom. The van der Waals surface area contributed by atoms with E-state index in [4.69, 9.17) is 0 Å². The number of nitrogens with one attached hydrogen (secondary N) is 1. The van der Waals surface area contributed by atoms with E-state index < -0.39 is 0 Å². The number of hydrogen-bond donors (Lipinski definition) is 1. The van der Waals surface area contributed by atoms with Crippen LogP contribution in [-0.2, 0) is 4.79 Å². The van der Waals surface area contributed by atoms with Gasteiger partial charge in [0.05, 0.1) is 0 Å². The Labute approximate surface area is 100 Å². The van der Waals surface area contributed by atoms with Crippen LogP contribution in [0, 0.1) is 11.8 Å². The molecule has 0 aromatic heterocycles. The van der Waals surface area contributed by atoms with Crippen molar-refractivity contribution in [1.82, 2.24) is 5.32 Å². The molecule has 0 saturated heterocycles. The summed E-state index contributed by atoms with van der Waals surface area (Å²) >= 11 is 0. The van der Waals surface area contributed by atoms with Gasteiger partial charge in [-0.1, -0.05) is 46.0 Å². The highest BCUT2D eigenvalue weighted by molar-refractivity contribution is 5.78. The highest BCUT2D eigenvalue weighted by Crippen LogP contribution is 2.23. The molecule has 1 amide bonds. The second kappa shape index (κ2) is 7.70. The van der Waals surface area contributed by atoms with Crippen molar-refractivity contribution in [2.45, 2.75) is 65.2 Å². The third kappa shape index (κ3) is 4.54. The van der Waals surface area contributed by atoms with Gasteiger partial charge in [-0.25, -0.2) is 0 Å². The molecule has 16 heavy (non-hydrogen) atoms. The number of carbonyl (C=O) groups is 1. The fourth-order valence-corrected chi connectivity index (χ4v) is 2.61. The molecule has 0 radical (unpaired) electrons. The summed E-state index contributed by atoms with van der Waals surface area (Å²) in [5.41, 5.74) is 0. The Kier molecular flexibility index (Phi) is 6.51. The Balaban J connectivity index is 2.22. The molecular weight excluding hydrogens is 198 g/mol. The zero-order chi connectivity index (χ0) is 11.8. The molecule has 1 aliphatic rings. The molecule has 1 unspecified atom stereocenters. The summed E-state index contributed by atoms with van der Waals surface area (Å²) in [4.78, 5) is 11.9. The lowest BCUT2D eigenvalue weighted by Crippen LogP contribution is -2.35. The minimum Gasteiger partial charge on any atom is -0.356 e. The molecule has 1 N–H and O–H groups in total. The van der Waals surface area contributed by atoms with Gasteiger partial charge in [0.25, 0.3) is 0 Å². The van der Waals surface area contributed by atoms with Crippen molar-refractivity contribution in [3.05, 3.63) is 0 Å². The Morgan fingerprint density at radius 3 is 2.50 bits per heavy atom. The van der Waals surface area contributed by atoms with Gasteiger partial charge in [0.2, 0.25) is 5.91 Å². The third-order valence-corrected chi connectivity index (χ3v) is 3.82. The van der Waals surface area contributed by atoms with E-state index in [2.05, 4.69) is 19.2 Å². The quantitative estimate of drug-likeness (QED) is 0.736. The van der Waals surface area contributed by atoms with E-state index in [9.17, 15) is 4.79 Å². The van der Waals surface area contributed by atoms with Gasteiger partial charge in [-0.15, -0.1) is 0 Å². The Hall–Kier alpha value is -0.530. The van der Waals surface area contributed by atoms with E-state index >= 15 is 0 Å². The molecule has 0 aromatic rings. The van der Waals surface area contributed by atoms with Crippen molar-refractivity contribution in [1.29, 1.82) is 0 Å². The third-order valence-electron chi connectivity index (χ3n) is 3.82. The average molecular weight is 225 g/mol. The number of rotatable bonds is 6. The maximum Gasteiger partial charge on any atom is 0.223 e. The van der Waals surface area contributed by atoms with Crippen molar-refractivity contribution >= 4 is 5.91 Å². The summed E-state index contributed by atoms with van der Waals surface area (Å²) in [5.74, 6) is 1.31. The smallest absolute Gasteiger partial charge is 0.223 e. The minimum atomic E-state index is 0.313. The van der Waals surface area contributed by atoms with Gasteiger partial charge < -0.3 is 5.32 Å². The first kappa shape index (κ1) is 13.5. The molecule has 1 rings (SSSR count). The zero-order valence-corrected chi connectivity index (χ0v) is 10.9. The number of carbonyl (C=O) groups excluding carboxylic acids is 1. The normalized spacial score (nSPS) is 19.4. The number of amides is 1. The van der Waals surface area contributed by atoms with Crippen LogP contribution >= 0.6 is 0 Å². The molecule has 0 heterocycles. The van der Waals surface area contributed by atoms with Crippen molar-refractivity contribution in [2.24, 2.45) is 11.8 Å². The number of hydrogen-bond acceptors (Lipinski definition) is 1. The summed E-state index contributed by atoms with van der Waals surface area (Å²) in [5, 5.41) is 3.15. The van der Waals surface area contributed by atoms with E-state index in [1.165, 1.54) is 38.5 Å². The van der Waals surface area contributed by atoms with Crippen molar-refractivity contribution < 1.29 is 4.79 Å². The first-order valence-corrected chi connectivity index (χ1v) is 7.05. The van der Waals surface area contributed by atoms with Crippen molar-refractivity contribution in [3.63, 3.8) is 0 Å². The standard InChI is InChI=1S/C14H27NO/c1-3-8-12(4-2)11-15-14(16)13-9-6-5-7-10-13/h12-13H,3-11H2,1-2H3,(H,15,16). The van der Waals surface area contributed by atoms with Crippen molar-refractivity contribution in [2.75, 3.05) is 6.54 Å². The highest BCUT2D eigenvalue weighted by atomic mass is 16.1. The largest absolute Gasteiger partial charge is 0.356 e. The topological polar surface area (TPSA) is 29.1 Å². The maximum absolute atomic E-state index is 11.9. The molecule has 0 bridgehead atoms. The summed E-state index contributed by atoms with van der Waals surface area (Å²) in [6.07, 6.45) is 9.65. The van der Waals surface area contributed by atoms with Crippen LogP contribution in [0.1, 0.15) is 65.2 Å². The van der Waals surface area contributed by atoms with E-state index in [0.29, 0.717) is 17.7 Å². The SMILES string of the molecule is CCCC(CC)CNC(=O)C1CCCCC1. The molecule has 0 aromatic carbocycles. The predicted octanol–water partition coefficient (Wildman–Crippen LogP) is 3.51. The van der Waals surface area contributed by atoms with Crippen LogP contribution in [0.15, 0.2) is 0 Å². The molecule has 1 aliphatic carbocycles. The van der Waals surface area contributed by atoms with Crippen LogP contribution in [0.2, 0.25) is 0 Å². The summed E-state index contributed by atoms with van der Waals surface area (Å²) in [6, 6.07) is 0. The minimum absolute atomic E-state index is 0.313. The molecule has 2 nitrogen and oxygen atoms in total. The monoisotopic (exact) mass is 225 g/mol. The van der Waals surface area contributed by atoms with Gasteiger partial charge in [0, 0.05) is 12.5 Å². The van der Waals surface area contributed by atoms with E-state index in [0.717, 1.165) is 19.4 Å². The lowest BCUT2D eigenvalue weighted by molar-refractivity contribution is -0.126. The molecule has 0 spiro atoms. The molecule has 1 saturated carbocycles. The second-order valence-electron chi connectivity index (χ2n) is 5.14. The van der Waals surface area contributed by atoms with Crippen LogP contribution in [0.5, 0.6) is 0 Å².